The Morgan fingerprint density at radius 2 is 2.00 bits per heavy atom. The summed E-state index contributed by atoms with van der Waals surface area (Å²) in [5, 5.41) is 0. The van der Waals surface area contributed by atoms with Crippen LogP contribution in [0.25, 0.3) is 0 Å². The third-order valence-electron chi connectivity index (χ3n) is 2.51. The zero-order chi connectivity index (χ0) is 14.0. The van der Waals surface area contributed by atoms with Crippen LogP contribution in [0, 0.1) is 0 Å². The van der Waals surface area contributed by atoms with E-state index >= 15 is 0 Å². The van der Waals surface area contributed by atoms with Crippen LogP contribution in [0.3, 0.4) is 0 Å². The van der Waals surface area contributed by atoms with Crippen molar-refractivity contribution in [3.05, 3.63) is 60.6 Å². The number of allylic oxidation sites excluding steroid dienone is 1. The molecule has 0 saturated carbocycles. The van der Waals surface area contributed by atoms with Crippen molar-refractivity contribution >= 4 is 12.3 Å². The number of hydrogen-bond acceptors (Lipinski definition) is 4. The fourth-order valence-corrected chi connectivity index (χ4v) is 1.54. The van der Waals surface area contributed by atoms with Gasteiger partial charge in [0, 0.05) is 24.8 Å². The first-order chi connectivity index (χ1) is 9.86. The van der Waals surface area contributed by atoms with E-state index in [-0.39, 0.29) is 6.61 Å². The topological polar surface area (TPSA) is 51.1 Å². The summed E-state index contributed by atoms with van der Waals surface area (Å²) in [5.41, 5.74) is 1.09. The predicted molar refractivity (Wildman–Crippen MR) is 76.1 cm³/mol. The number of carbonyl (C=O) groups excluding carboxylic acids is 1. The van der Waals surface area contributed by atoms with Crippen LogP contribution in [0.4, 0.5) is 4.79 Å². The highest BCUT2D eigenvalue weighted by Crippen LogP contribution is 2.02. The van der Waals surface area contributed by atoms with Crippen molar-refractivity contribution in [1.82, 2.24) is 4.90 Å². The van der Waals surface area contributed by atoms with Crippen molar-refractivity contribution in [3.8, 4) is 0 Å². The average molecular weight is 272 g/mol. The molecule has 104 valence electrons. The first-order valence-corrected chi connectivity index (χ1v) is 6.29. The van der Waals surface area contributed by atoms with Crippen LogP contribution in [-0.4, -0.2) is 30.4 Å². The molecule has 1 aromatic carbocycles. The number of carbonyl (C=O) groups is 1. The summed E-state index contributed by atoms with van der Waals surface area (Å²) in [6.45, 7) is 1.08. The van der Waals surface area contributed by atoms with Gasteiger partial charge in [-0.2, -0.15) is 0 Å². The van der Waals surface area contributed by atoms with E-state index in [1.165, 1.54) is 17.3 Å². The Morgan fingerprint density at radius 1 is 1.15 bits per heavy atom. The molecule has 20 heavy (non-hydrogen) atoms. The van der Waals surface area contributed by atoms with Gasteiger partial charge in [-0.25, -0.2) is 4.79 Å². The lowest BCUT2D eigenvalue weighted by Crippen LogP contribution is -2.22. The maximum absolute atomic E-state index is 11.7. The maximum Gasteiger partial charge on any atom is 0.418 e. The van der Waals surface area contributed by atoms with Crippen molar-refractivity contribution in [2.24, 2.45) is 4.99 Å². The molecule has 0 N–H and O–H groups in total. The van der Waals surface area contributed by atoms with Crippen molar-refractivity contribution < 1.29 is 14.3 Å². The van der Waals surface area contributed by atoms with Gasteiger partial charge in [0.15, 0.2) is 0 Å². The van der Waals surface area contributed by atoms with Crippen LogP contribution in [0.15, 0.2) is 60.0 Å². The van der Waals surface area contributed by atoms with E-state index in [0.717, 1.165) is 5.56 Å². The predicted octanol–water partition coefficient (Wildman–Crippen LogP) is 2.71. The minimum atomic E-state index is -0.452. The largest absolute Gasteiger partial charge is 0.446 e. The minimum Gasteiger partial charge on any atom is -0.446 e. The first kappa shape index (κ1) is 14.0. The standard InChI is InChI=1S/C15H16N2O3/c18-15(17-9-4-7-16-8-10-17)20-12-11-19-13-14-5-2-1-3-6-14/h1-10H,11-13H2. The minimum absolute atomic E-state index is 0.213. The molecule has 1 aliphatic heterocycles. The van der Waals surface area contributed by atoms with E-state index in [0.29, 0.717) is 13.2 Å². The summed E-state index contributed by atoms with van der Waals surface area (Å²) in [6, 6.07) is 9.84. The fourth-order valence-electron chi connectivity index (χ4n) is 1.54. The molecule has 2 rings (SSSR count). The number of rotatable bonds is 5. The molecule has 1 aliphatic rings. The highest BCUT2D eigenvalue weighted by molar-refractivity contribution is 5.76. The van der Waals surface area contributed by atoms with Gasteiger partial charge in [0.25, 0.3) is 0 Å². The van der Waals surface area contributed by atoms with Crippen LogP contribution >= 0.6 is 0 Å². The Hall–Kier alpha value is -2.40. The molecule has 0 fully saturated rings. The fraction of sp³-hybridized carbons (Fsp3) is 0.200. The summed E-state index contributed by atoms with van der Waals surface area (Å²) < 4.78 is 10.5. The molecule has 5 nitrogen and oxygen atoms in total. The summed E-state index contributed by atoms with van der Waals surface area (Å²) >= 11 is 0. The van der Waals surface area contributed by atoms with Crippen LogP contribution in [-0.2, 0) is 16.1 Å². The lowest BCUT2D eigenvalue weighted by Gasteiger charge is -2.12. The molecule has 1 aromatic rings. The van der Waals surface area contributed by atoms with Crippen molar-refractivity contribution in [2.45, 2.75) is 6.61 Å². The molecule has 0 atom stereocenters. The van der Waals surface area contributed by atoms with Crippen molar-refractivity contribution in [2.75, 3.05) is 13.2 Å². The number of hydrogen-bond donors (Lipinski definition) is 0. The summed E-state index contributed by atoms with van der Waals surface area (Å²) in [4.78, 5) is 16.9. The number of ether oxygens (including phenoxy) is 2. The lowest BCUT2D eigenvalue weighted by atomic mass is 10.2. The smallest absolute Gasteiger partial charge is 0.418 e. The first-order valence-electron chi connectivity index (χ1n) is 6.29. The SMILES string of the molecule is O=C(OCCOCc1ccccc1)N1C=CC=NC=C1. The number of nitrogens with zero attached hydrogens (tertiary/aromatic N) is 2. The highest BCUT2D eigenvalue weighted by atomic mass is 16.6. The summed E-state index contributed by atoms with van der Waals surface area (Å²) in [7, 11) is 0. The molecule has 0 radical (unpaired) electrons. The van der Waals surface area contributed by atoms with Crippen LogP contribution in [0.2, 0.25) is 0 Å². The Bertz CT molecular complexity index is 493. The second kappa shape index (κ2) is 7.91. The number of amides is 1. The second-order valence-electron chi connectivity index (χ2n) is 4.00. The molecule has 0 bridgehead atoms. The third kappa shape index (κ3) is 4.70. The van der Waals surface area contributed by atoms with Gasteiger partial charge >= 0.3 is 6.09 Å². The third-order valence-corrected chi connectivity index (χ3v) is 2.51. The zero-order valence-corrected chi connectivity index (χ0v) is 11.0. The molecule has 0 saturated heterocycles. The van der Waals surface area contributed by atoms with E-state index in [1.807, 2.05) is 30.3 Å². The molecule has 5 heteroatoms. The second-order valence-corrected chi connectivity index (χ2v) is 4.00. The summed E-state index contributed by atoms with van der Waals surface area (Å²) in [5.74, 6) is 0. The van der Waals surface area contributed by atoms with Gasteiger partial charge in [-0.3, -0.25) is 9.89 Å². The molecule has 1 amide bonds. The highest BCUT2D eigenvalue weighted by Gasteiger charge is 2.09. The Morgan fingerprint density at radius 3 is 2.85 bits per heavy atom. The van der Waals surface area contributed by atoms with Gasteiger partial charge in [-0.05, 0) is 11.6 Å². The van der Waals surface area contributed by atoms with Crippen molar-refractivity contribution in [1.29, 1.82) is 0 Å². The van der Waals surface area contributed by atoms with Crippen LogP contribution in [0.5, 0.6) is 0 Å². The van der Waals surface area contributed by atoms with Gasteiger partial charge in [0.2, 0.25) is 0 Å². The van der Waals surface area contributed by atoms with Crippen molar-refractivity contribution in [3.63, 3.8) is 0 Å². The van der Waals surface area contributed by atoms with Gasteiger partial charge in [0.1, 0.15) is 6.61 Å². The Kier molecular flexibility index (Phi) is 5.54. The zero-order valence-electron chi connectivity index (χ0n) is 11.0. The van der Waals surface area contributed by atoms with E-state index in [2.05, 4.69) is 4.99 Å². The Labute approximate surface area is 117 Å². The molecular formula is C15H16N2O3. The molecule has 0 aromatic heterocycles. The van der Waals surface area contributed by atoms with Crippen LogP contribution in [0.1, 0.15) is 5.56 Å². The Balaban J connectivity index is 1.62. The molecule has 0 spiro atoms. The van der Waals surface area contributed by atoms with E-state index in [1.54, 1.807) is 18.5 Å². The van der Waals surface area contributed by atoms with Gasteiger partial charge in [-0.15, -0.1) is 0 Å². The quantitative estimate of drug-likeness (QED) is 0.774. The molecular weight excluding hydrogens is 256 g/mol. The van der Waals surface area contributed by atoms with E-state index in [9.17, 15) is 4.79 Å². The lowest BCUT2D eigenvalue weighted by molar-refractivity contribution is 0.0583. The molecule has 0 unspecified atom stereocenters. The monoisotopic (exact) mass is 272 g/mol. The number of benzene rings is 1. The van der Waals surface area contributed by atoms with E-state index < -0.39 is 6.09 Å². The summed E-state index contributed by atoms with van der Waals surface area (Å²) in [6.07, 6.45) is 7.44. The van der Waals surface area contributed by atoms with Gasteiger partial charge < -0.3 is 9.47 Å². The van der Waals surface area contributed by atoms with Gasteiger partial charge in [-0.1, -0.05) is 30.3 Å². The molecule has 1 heterocycles. The average Bonchev–Trinajstić information content (AvgIpc) is 2.77. The maximum atomic E-state index is 11.7. The van der Waals surface area contributed by atoms with Crippen LogP contribution < -0.4 is 0 Å². The molecule has 0 aliphatic carbocycles. The van der Waals surface area contributed by atoms with Gasteiger partial charge in [0.05, 0.1) is 13.2 Å². The number of aliphatic imine (C=N–C) groups is 1. The van der Waals surface area contributed by atoms with E-state index in [4.69, 9.17) is 9.47 Å². The normalized spacial score (nSPS) is 13.3.